The number of carbonyl (C=O) groups is 2. The van der Waals surface area contributed by atoms with Crippen LogP contribution in [0.25, 0.3) is 32.2 Å². The van der Waals surface area contributed by atoms with Gasteiger partial charge in [-0.15, -0.1) is 11.3 Å². The van der Waals surface area contributed by atoms with Gasteiger partial charge in [-0.2, -0.15) is 5.10 Å². The molecule has 10 nitrogen and oxygen atoms in total. The maximum Gasteiger partial charge on any atom is 0.251 e. The van der Waals surface area contributed by atoms with Crippen molar-refractivity contribution in [1.82, 2.24) is 20.1 Å². The van der Waals surface area contributed by atoms with Crippen molar-refractivity contribution in [3.8, 4) is 22.8 Å². The number of benzene rings is 2. The molecular weight excluding hydrogens is 652 g/mol. The number of hydrogen-bond donors (Lipinski definition) is 3. The summed E-state index contributed by atoms with van der Waals surface area (Å²) in [7, 11) is 0. The number of aliphatic hydroxyl groups is 1. The first kappa shape index (κ1) is 30.4. The molecule has 3 saturated carbocycles. The number of rotatable bonds is 10. The highest BCUT2D eigenvalue weighted by Crippen LogP contribution is 2.51. The molecule has 3 fully saturated rings. The van der Waals surface area contributed by atoms with E-state index in [1.54, 1.807) is 48.8 Å². The fourth-order valence-corrected chi connectivity index (χ4v) is 7.71. The Balaban J connectivity index is 1.09. The van der Waals surface area contributed by atoms with Crippen LogP contribution in [0, 0.1) is 11.7 Å². The summed E-state index contributed by atoms with van der Waals surface area (Å²) in [5, 5.41) is 22.8. The van der Waals surface area contributed by atoms with Gasteiger partial charge in [0.2, 0.25) is 11.7 Å². The van der Waals surface area contributed by atoms with E-state index in [0.29, 0.717) is 75.0 Å². The van der Waals surface area contributed by atoms with Gasteiger partial charge in [-0.25, -0.2) is 18.4 Å². The topological polar surface area (TPSA) is 142 Å². The van der Waals surface area contributed by atoms with E-state index in [0.717, 1.165) is 12.8 Å². The number of nitrogens with two attached hydrogens (primary N) is 1. The number of fused-ring (bicyclic) bond motifs is 3. The van der Waals surface area contributed by atoms with E-state index in [2.05, 4.69) is 10.4 Å². The summed E-state index contributed by atoms with van der Waals surface area (Å²) >= 11 is 1.23. The molecule has 1 unspecified atom stereocenters. The quantitative estimate of drug-likeness (QED) is 0.175. The highest BCUT2D eigenvalue weighted by Gasteiger charge is 2.50. The zero-order chi connectivity index (χ0) is 33.9. The molecule has 9 rings (SSSR count). The van der Waals surface area contributed by atoms with Gasteiger partial charge in [-0.3, -0.25) is 9.59 Å². The van der Waals surface area contributed by atoms with Crippen LogP contribution in [0.5, 0.6) is 11.5 Å². The third kappa shape index (κ3) is 4.88. The Morgan fingerprint density at radius 2 is 2.02 bits per heavy atom. The number of ether oxygens (including phenoxy) is 2. The summed E-state index contributed by atoms with van der Waals surface area (Å²) < 4.78 is 43.6. The molecule has 5 aromatic rings. The number of nitrogens with one attached hydrogen (secondary N) is 1. The van der Waals surface area contributed by atoms with Crippen LogP contribution in [0.2, 0.25) is 0 Å². The number of carbonyl (C=O) groups excluding carboxylic acids is 2. The molecule has 4 aliphatic rings. The van der Waals surface area contributed by atoms with Crippen molar-refractivity contribution in [3.05, 3.63) is 70.6 Å². The van der Waals surface area contributed by atoms with E-state index in [1.165, 1.54) is 22.1 Å². The van der Waals surface area contributed by atoms with E-state index < -0.39 is 28.6 Å². The van der Waals surface area contributed by atoms with Crippen LogP contribution in [0.1, 0.15) is 67.1 Å². The lowest BCUT2D eigenvalue weighted by molar-refractivity contribution is -0.123. The van der Waals surface area contributed by atoms with Gasteiger partial charge in [0.05, 0.1) is 23.0 Å². The van der Waals surface area contributed by atoms with E-state index >= 15 is 0 Å². The van der Waals surface area contributed by atoms with Crippen LogP contribution in [-0.2, 0) is 21.6 Å². The molecule has 0 radical (unpaired) electrons. The smallest absolute Gasteiger partial charge is 0.251 e. The van der Waals surface area contributed by atoms with Crippen molar-refractivity contribution in [1.29, 1.82) is 0 Å². The third-order valence-corrected chi connectivity index (χ3v) is 11.4. The van der Waals surface area contributed by atoms with Gasteiger partial charge in [-0.05, 0) is 62.8 Å². The predicted molar refractivity (Wildman–Crippen MR) is 178 cm³/mol. The summed E-state index contributed by atoms with van der Waals surface area (Å²) in [5.74, 6) is -2.38. The van der Waals surface area contributed by atoms with E-state index in [1.807, 2.05) is 0 Å². The minimum atomic E-state index is -1.62. The molecule has 13 heteroatoms. The number of amides is 2. The Morgan fingerprint density at radius 1 is 1.22 bits per heavy atom. The lowest BCUT2D eigenvalue weighted by atomic mass is 9.81. The van der Waals surface area contributed by atoms with Crippen molar-refractivity contribution in [2.24, 2.45) is 11.7 Å². The van der Waals surface area contributed by atoms with Crippen molar-refractivity contribution in [3.63, 3.8) is 0 Å². The van der Waals surface area contributed by atoms with Gasteiger partial charge in [0.15, 0.2) is 0 Å². The average Bonchev–Trinajstić information content (AvgIpc) is 4.05. The molecule has 2 aromatic carbocycles. The molecule has 3 aromatic heterocycles. The lowest BCUT2D eigenvalue weighted by Gasteiger charge is -2.30. The van der Waals surface area contributed by atoms with E-state index in [4.69, 9.17) is 20.2 Å². The molecule has 0 bridgehead atoms. The number of nitrogens with zero attached hydrogens (tertiary/aromatic N) is 3. The fraction of sp³-hybridized carbons (Fsp3) is 0.389. The van der Waals surface area contributed by atoms with E-state index in [-0.39, 0.29) is 42.2 Å². The highest BCUT2D eigenvalue weighted by molar-refractivity contribution is 7.17. The van der Waals surface area contributed by atoms with Crippen LogP contribution in [0.4, 0.5) is 8.78 Å². The van der Waals surface area contributed by atoms with Gasteiger partial charge < -0.3 is 25.6 Å². The maximum atomic E-state index is 14.9. The molecule has 1 aliphatic heterocycles. The number of primary amides is 1. The largest absolute Gasteiger partial charge is 0.489 e. The van der Waals surface area contributed by atoms with Crippen molar-refractivity contribution < 1.29 is 33.0 Å². The van der Waals surface area contributed by atoms with Crippen LogP contribution < -0.4 is 20.5 Å². The van der Waals surface area contributed by atoms with Crippen LogP contribution >= 0.6 is 11.3 Å². The van der Waals surface area contributed by atoms with E-state index in [9.17, 15) is 23.5 Å². The number of aromatic nitrogens is 3. The molecule has 0 saturated heterocycles. The maximum absolute atomic E-state index is 14.9. The van der Waals surface area contributed by atoms with Gasteiger partial charge in [0.1, 0.15) is 46.1 Å². The Labute approximate surface area is 283 Å². The normalized spacial score (nSPS) is 22.0. The molecule has 252 valence electrons. The third-order valence-electron chi connectivity index (χ3n) is 10.4. The number of thiophene rings is 1. The zero-order valence-corrected chi connectivity index (χ0v) is 27.4. The Hall–Kier alpha value is -4.62. The van der Waals surface area contributed by atoms with Crippen LogP contribution in [0.3, 0.4) is 0 Å². The molecule has 3 aliphatic carbocycles. The van der Waals surface area contributed by atoms with Gasteiger partial charge in [0, 0.05) is 51.9 Å². The fourth-order valence-electron chi connectivity index (χ4n) is 6.75. The lowest BCUT2D eigenvalue weighted by Crippen LogP contribution is -2.44. The first-order valence-electron chi connectivity index (χ1n) is 16.5. The summed E-state index contributed by atoms with van der Waals surface area (Å²) in [6.07, 6.45) is 5.59. The average molecular weight is 686 g/mol. The van der Waals surface area contributed by atoms with Crippen LogP contribution in [-0.4, -0.2) is 50.9 Å². The van der Waals surface area contributed by atoms with Gasteiger partial charge in [-0.1, -0.05) is 12.1 Å². The molecule has 2 atom stereocenters. The first-order chi connectivity index (χ1) is 23.5. The number of alkyl halides is 1. The Morgan fingerprint density at radius 3 is 2.73 bits per heavy atom. The summed E-state index contributed by atoms with van der Waals surface area (Å²) in [4.78, 5) is 31.5. The zero-order valence-electron chi connectivity index (χ0n) is 26.6. The van der Waals surface area contributed by atoms with Crippen LogP contribution in [0.15, 0.2) is 48.0 Å². The molecule has 2 amide bonds. The second kappa shape index (κ2) is 10.4. The summed E-state index contributed by atoms with van der Waals surface area (Å²) in [5.41, 5.74) is 5.55. The second-order valence-electron chi connectivity index (χ2n) is 14.1. The van der Waals surface area contributed by atoms with Crippen molar-refractivity contribution in [2.75, 3.05) is 13.2 Å². The minimum absolute atomic E-state index is 0.0152. The molecule has 49 heavy (non-hydrogen) atoms. The SMILES string of the molecule is C[C@]1(C(N)=O)COc2c1cc(C(O)(CNC(=O)c1cc(OC3CC3)c3nn(C4(F)CC4)cc3c1)C1CC1)nc2-c1csc2c(F)cccc12. The monoisotopic (exact) mass is 685 g/mol. The van der Waals surface area contributed by atoms with Gasteiger partial charge in [0.25, 0.3) is 5.91 Å². The minimum Gasteiger partial charge on any atom is -0.489 e. The highest BCUT2D eigenvalue weighted by atomic mass is 32.1. The second-order valence-corrected chi connectivity index (χ2v) is 15.0. The molecular formula is C36H33F2N5O5S. The van der Waals surface area contributed by atoms with Crippen molar-refractivity contribution >= 4 is 44.1 Å². The Bertz CT molecular complexity index is 2220. The van der Waals surface area contributed by atoms with Gasteiger partial charge >= 0.3 is 0 Å². The summed E-state index contributed by atoms with van der Waals surface area (Å²) in [6.45, 7) is 1.49. The first-order valence-corrected chi connectivity index (χ1v) is 17.4. The number of hydrogen-bond acceptors (Lipinski definition) is 8. The predicted octanol–water partition coefficient (Wildman–Crippen LogP) is 5.57. The molecule has 4 heterocycles. The number of pyridine rings is 1. The standard InChI is InChI=1S/C36H33F2N5O5S/c1-34(33(39)45)17-47-30-24(34)13-27(41-29(30)23-15-49-31-22(23)3-2-4-25(31)37)36(46,20-5-6-20)16-40-32(44)18-11-19-14-43(35(38)9-10-35)42-28(19)26(12-18)48-21-7-8-21/h2-4,11-15,20-21,46H,5-10,16-17H2,1H3,(H2,39,45)(H,40,44)/t34-,36?/m0/s1. The Kier molecular flexibility index (Phi) is 6.49. The molecule has 4 N–H and O–H groups in total. The summed E-state index contributed by atoms with van der Waals surface area (Å²) in [6, 6.07) is 9.72. The molecule has 0 spiro atoms. The number of halogens is 2. The van der Waals surface area contributed by atoms with Crippen molar-refractivity contribution in [2.45, 2.75) is 68.4 Å².